The Morgan fingerprint density at radius 2 is 2.11 bits per heavy atom. The van der Waals surface area contributed by atoms with Crippen LogP contribution in [0.25, 0.3) is 0 Å². The maximum absolute atomic E-state index is 10.6. The molecule has 0 unspecified atom stereocenters. The van der Waals surface area contributed by atoms with E-state index in [1.54, 1.807) is 0 Å². The van der Waals surface area contributed by atoms with E-state index < -0.39 is 0 Å². The number of carbonyl (C=O) groups is 1. The standard InChI is InChI=1S/C5H8NOS.Na/c7-5-3-1-2-4-6(5)8;/h1-4H2;/q-1;+1. The van der Waals surface area contributed by atoms with Gasteiger partial charge >= 0.3 is 29.6 Å². The first kappa shape index (κ1) is 9.82. The molecule has 0 atom stereocenters. The predicted octanol–water partition coefficient (Wildman–Crippen LogP) is -2.54. The van der Waals surface area contributed by atoms with Gasteiger partial charge in [-0.2, -0.15) is 0 Å². The molecule has 1 aliphatic heterocycles. The van der Waals surface area contributed by atoms with Crippen molar-refractivity contribution in [2.45, 2.75) is 19.3 Å². The molecule has 1 amide bonds. The van der Waals surface area contributed by atoms with E-state index in [2.05, 4.69) is 0 Å². The third-order valence-electron chi connectivity index (χ3n) is 1.28. The molecule has 0 bridgehead atoms. The molecule has 1 heterocycles. The largest absolute Gasteiger partial charge is 1.00 e. The van der Waals surface area contributed by atoms with Gasteiger partial charge in [0.1, 0.15) is 0 Å². The van der Waals surface area contributed by atoms with E-state index in [0.717, 1.165) is 19.4 Å². The van der Waals surface area contributed by atoms with Gasteiger partial charge in [0.25, 0.3) is 0 Å². The molecule has 1 rings (SSSR count). The van der Waals surface area contributed by atoms with Gasteiger partial charge in [0, 0.05) is 6.42 Å². The molecule has 1 fully saturated rings. The minimum atomic E-state index is 0. The van der Waals surface area contributed by atoms with Crippen LogP contribution in [0.1, 0.15) is 19.3 Å². The number of nitrogens with zero attached hydrogens (tertiary/aromatic N) is 1. The molecule has 0 aromatic rings. The van der Waals surface area contributed by atoms with Gasteiger partial charge in [0.15, 0.2) is 5.91 Å². The van der Waals surface area contributed by atoms with Crippen LogP contribution >= 0.6 is 0 Å². The van der Waals surface area contributed by atoms with Crippen LogP contribution in [0.15, 0.2) is 0 Å². The first-order valence-electron chi connectivity index (χ1n) is 2.78. The van der Waals surface area contributed by atoms with E-state index in [1.807, 2.05) is 0 Å². The number of piperidine rings is 1. The number of hydrogen-bond acceptors (Lipinski definition) is 2. The molecule has 0 radical (unpaired) electrons. The molecule has 9 heavy (non-hydrogen) atoms. The Morgan fingerprint density at radius 3 is 2.44 bits per heavy atom. The Hall–Kier alpha value is 0.820. The quantitative estimate of drug-likeness (QED) is 0.282. The summed E-state index contributed by atoms with van der Waals surface area (Å²) in [6, 6.07) is 0. The number of amides is 1. The maximum Gasteiger partial charge on any atom is 1.00 e. The van der Waals surface area contributed by atoms with Gasteiger partial charge in [-0.1, -0.05) is 0 Å². The van der Waals surface area contributed by atoms with E-state index in [1.165, 1.54) is 4.31 Å². The minimum Gasteiger partial charge on any atom is -0.664 e. The van der Waals surface area contributed by atoms with Crippen LogP contribution in [0.5, 0.6) is 0 Å². The van der Waals surface area contributed by atoms with Crippen molar-refractivity contribution in [2.75, 3.05) is 6.54 Å². The van der Waals surface area contributed by atoms with Crippen molar-refractivity contribution in [3.63, 3.8) is 0 Å². The normalized spacial score (nSPS) is 19.2. The Morgan fingerprint density at radius 1 is 1.44 bits per heavy atom. The molecule has 1 aliphatic rings. The van der Waals surface area contributed by atoms with Gasteiger partial charge in [-0.25, -0.2) is 0 Å². The predicted molar refractivity (Wildman–Crippen MR) is 32.9 cm³/mol. The first-order valence-corrected chi connectivity index (χ1v) is 3.15. The van der Waals surface area contributed by atoms with Crippen molar-refractivity contribution in [1.29, 1.82) is 0 Å². The summed E-state index contributed by atoms with van der Waals surface area (Å²) in [6.07, 6.45) is 2.75. The van der Waals surface area contributed by atoms with Crippen molar-refractivity contribution in [3.8, 4) is 0 Å². The molecule has 1 saturated heterocycles. The second kappa shape index (κ2) is 4.61. The zero-order valence-electron chi connectivity index (χ0n) is 5.59. The smallest absolute Gasteiger partial charge is 0.664 e. The van der Waals surface area contributed by atoms with Crippen molar-refractivity contribution in [3.05, 3.63) is 0 Å². The van der Waals surface area contributed by atoms with Crippen LogP contribution in [-0.2, 0) is 17.6 Å². The van der Waals surface area contributed by atoms with Crippen LogP contribution in [0.4, 0.5) is 0 Å². The van der Waals surface area contributed by atoms with E-state index in [0.29, 0.717) is 6.42 Å². The fraction of sp³-hybridized carbons (Fsp3) is 0.800. The molecule has 0 aromatic carbocycles. The molecule has 2 nitrogen and oxygen atoms in total. The second-order valence-electron chi connectivity index (χ2n) is 1.95. The van der Waals surface area contributed by atoms with Crippen molar-refractivity contribution >= 4 is 18.7 Å². The average molecular weight is 153 g/mol. The summed E-state index contributed by atoms with van der Waals surface area (Å²) in [5.74, 6) is 0.117. The van der Waals surface area contributed by atoms with E-state index >= 15 is 0 Å². The fourth-order valence-corrected chi connectivity index (χ4v) is 1.00. The Kier molecular flexibility index (Phi) is 5.03. The second-order valence-corrected chi connectivity index (χ2v) is 2.39. The van der Waals surface area contributed by atoms with Gasteiger partial charge in [-0.05, 0) is 19.4 Å². The van der Waals surface area contributed by atoms with Gasteiger partial charge in [-0.3, -0.25) is 4.79 Å². The third-order valence-corrected chi connectivity index (χ3v) is 1.67. The third kappa shape index (κ3) is 2.94. The van der Waals surface area contributed by atoms with E-state index in [9.17, 15) is 4.79 Å². The summed E-state index contributed by atoms with van der Waals surface area (Å²) in [4.78, 5) is 10.6. The van der Waals surface area contributed by atoms with Crippen molar-refractivity contribution in [1.82, 2.24) is 4.31 Å². The Labute approximate surface area is 82.8 Å². The molecule has 0 saturated carbocycles. The molecule has 46 valence electrons. The number of carbonyl (C=O) groups excluding carboxylic acids is 1. The molecular formula is C5H8NNaOS. The van der Waals surface area contributed by atoms with Crippen LogP contribution in [0.2, 0.25) is 0 Å². The minimum absolute atomic E-state index is 0. The van der Waals surface area contributed by atoms with Crippen LogP contribution in [-0.4, -0.2) is 16.8 Å². The summed E-state index contributed by atoms with van der Waals surface area (Å²) < 4.78 is 1.38. The molecule has 0 spiro atoms. The fourth-order valence-electron chi connectivity index (χ4n) is 0.781. The van der Waals surface area contributed by atoms with Crippen molar-refractivity contribution < 1.29 is 34.4 Å². The summed E-state index contributed by atoms with van der Waals surface area (Å²) >= 11 is 4.70. The first-order chi connectivity index (χ1) is 3.80. The Bertz CT molecular complexity index is 109. The van der Waals surface area contributed by atoms with Crippen LogP contribution in [0.3, 0.4) is 0 Å². The van der Waals surface area contributed by atoms with Crippen molar-refractivity contribution in [2.24, 2.45) is 0 Å². The zero-order valence-corrected chi connectivity index (χ0v) is 8.41. The van der Waals surface area contributed by atoms with Gasteiger partial charge in [-0.15, -0.1) is 0 Å². The Balaban J connectivity index is 0.000000640. The number of rotatable bonds is 0. The average Bonchev–Trinajstić information content (AvgIpc) is 1.77. The SMILES string of the molecule is O=C1CCCCN1[S-].[Na+]. The molecule has 4 heteroatoms. The van der Waals surface area contributed by atoms with Gasteiger partial charge < -0.3 is 17.1 Å². The van der Waals surface area contributed by atoms with E-state index in [-0.39, 0.29) is 35.5 Å². The van der Waals surface area contributed by atoms with Crippen LogP contribution < -0.4 is 29.6 Å². The van der Waals surface area contributed by atoms with Gasteiger partial charge in [0.05, 0.1) is 0 Å². The van der Waals surface area contributed by atoms with E-state index in [4.69, 9.17) is 12.8 Å². The topological polar surface area (TPSA) is 20.3 Å². The number of hydrogen-bond donors (Lipinski definition) is 0. The summed E-state index contributed by atoms with van der Waals surface area (Å²) in [5, 5.41) is 0. The molecule has 0 N–H and O–H groups in total. The van der Waals surface area contributed by atoms with Crippen LogP contribution in [0, 0.1) is 0 Å². The molecule has 0 aliphatic carbocycles. The molecule has 0 aromatic heterocycles. The monoisotopic (exact) mass is 153 g/mol. The summed E-state index contributed by atoms with van der Waals surface area (Å²) in [5.41, 5.74) is 0. The molecular weight excluding hydrogens is 145 g/mol. The van der Waals surface area contributed by atoms with Gasteiger partial charge in [0.2, 0.25) is 0 Å². The maximum atomic E-state index is 10.6. The zero-order chi connectivity index (χ0) is 5.98. The summed E-state index contributed by atoms with van der Waals surface area (Å²) in [6.45, 7) is 0.772. The summed E-state index contributed by atoms with van der Waals surface area (Å²) in [7, 11) is 0.